The van der Waals surface area contributed by atoms with Crippen LogP contribution in [0, 0.1) is 5.92 Å². The molecule has 1 spiro atoms. The van der Waals surface area contributed by atoms with Gasteiger partial charge in [0.2, 0.25) is 0 Å². The SMILES string of the molecule is OCC1CCC(OC2CCOC3(CCCCC3)C2)CC1. The summed E-state index contributed by atoms with van der Waals surface area (Å²) in [5, 5.41) is 9.21. The number of aliphatic hydroxyl groups is 1. The first-order valence-electron chi connectivity index (χ1n) is 8.70. The molecule has 2 aliphatic carbocycles. The highest BCUT2D eigenvalue weighted by molar-refractivity contribution is 4.90. The third-order valence-corrected chi connectivity index (χ3v) is 5.65. The van der Waals surface area contributed by atoms with Gasteiger partial charge < -0.3 is 14.6 Å². The summed E-state index contributed by atoms with van der Waals surface area (Å²) < 4.78 is 12.5. The molecule has 1 saturated heterocycles. The van der Waals surface area contributed by atoms with E-state index in [4.69, 9.17) is 9.47 Å². The molecule has 116 valence electrons. The monoisotopic (exact) mass is 282 g/mol. The maximum absolute atomic E-state index is 9.21. The highest BCUT2D eigenvalue weighted by Gasteiger charge is 2.39. The summed E-state index contributed by atoms with van der Waals surface area (Å²) in [6.07, 6.45) is 14.1. The zero-order chi connectivity index (χ0) is 13.8. The molecule has 0 bridgehead atoms. The number of hydrogen-bond donors (Lipinski definition) is 1. The van der Waals surface area contributed by atoms with Gasteiger partial charge in [-0.15, -0.1) is 0 Å². The summed E-state index contributed by atoms with van der Waals surface area (Å²) in [4.78, 5) is 0. The average Bonchev–Trinajstić information content (AvgIpc) is 2.49. The van der Waals surface area contributed by atoms with E-state index in [1.807, 2.05) is 0 Å². The number of rotatable bonds is 3. The van der Waals surface area contributed by atoms with Gasteiger partial charge in [0.25, 0.3) is 0 Å². The molecular formula is C17H30O3. The standard InChI is InChI=1S/C17H30O3/c18-13-14-4-6-15(7-5-14)20-16-8-11-19-17(12-16)9-2-1-3-10-17/h14-16,18H,1-13H2. The van der Waals surface area contributed by atoms with Crippen molar-refractivity contribution in [3.8, 4) is 0 Å². The van der Waals surface area contributed by atoms with Crippen molar-refractivity contribution in [1.82, 2.24) is 0 Å². The van der Waals surface area contributed by atoms with Crippen LogP contribution >= 0.6 is 0 Å². The third kappa shape index (κ3) is 3.55. The van der Waals surface area contributed by atoms with Crippen molar-refractivity contribution < 1.29 is 14.6 Å². The summed E-state index contributed by atoms with van der Waals surface area (Å²) in [6, 6.07) is 0. The molecular weight excluding hydrogens is 252 g/mol. The Hall–Kier alpha value is -0.120. The fourth-order valence-corrected chi connectivity index (χ4v) is 4.37. The van der Waals surface area contributed by atoms with Crippen LogP contribution in [-0.4, -0.2) is 36.1 Å². The predicted molar refractivity (Wildman–Crippen MR) is 78.7 cm³/mol. The molecule has 2 saturated carbocycles. The van der Waals surface area contributed by atoms with Gasteiger partial charge in [0.15, 0.2) is 0 Å². The van der Waals surface area contributed by atoms with Crippen LogP contribution in [-0.2, 0) is 9.47 Å². The van der Waals surface area contributed by atoms with Gasteiger partial charge in [-0.2, -0.15) is 0 Å². The fraction of sp³-hybridized carbons (Fsp3) is 1.00. The number of ether oxygens (including phenoxy) is 2. The van der Waals surface area contributed by atoms with Gasteiger partial charge >= 0.3 is 0 Å². The molecule has 1 atom stereocenters. The van der Waals surface area contributed by atoms with E-state index in [1.54, 1.807) is 0 Å². The minimum atomic E-state index is 0.156. The van der Waals surface area contributed by atoms with Crippen LogP contribution in [0.25, 0.3) is 0 Å². The first-order valence-corrected chi connectivity index (χ1v) is 8.70. The van der Waals surface area contributed by atoms with Gasteiger partial charge in [-0.25, -0.2) is 0 Å². The van der Waals surface area contributed by atoms with Gasteiger partial charge in [0, 0.05) is 19.6 Å². The maximum Gasteiger partial charge on any atom is 0.0707 e. The van der Waals surface area contributed by atoms with E-state index in [0.29, 0.717) is 24.7 Å². The topological polar surface area (TPSA) is 38.7 Å². The molecule has 3 nitrogen and oxygen atoms in total. The minimum Gasteiger partial charge on any atom is -0.396 e. The Balaban J connectivity index is 1.48. The van der Waals surface area contributed by atoms with Gasteiger partial charge in [0.1, 0.15) is 0 Å². The van der Waals surface area contributed by atoms with Crippen molar-refractivity contribution in [2.75, 3.05) is 13.2 Å². The van der Waals surface area contributed by atoms with Crippen LogP contribution < -0.4 is 0 Å². The molecule has 0 radical (unpaired) electrons. The van der Waals surface area contributed by atoms with Gasteiger partial charge in [-0.1, -0.05) is 19.3 Å². The van der Waals surface area contributed by atoms with Crippen LogP contribution in [0.15, 0.2) is 0 Å². The molecule has 1 N–H and O–H groups in total. The molecule has 3 heteroatoms. The van der Waals surface area contributed by atoms with E-state index >= 15 is 0 Å². The van der Waals surface area contributed by atoms with Crippen molar-refractivity contribution in [2.24, 2.45) is 5.92 Å². The van der Waals surface area contributed by atoms with Crippen LogP contribution in [0.5, 0.6) is 0 Å². The molecule has 1 aliphatic heterocycles. The Kier molecular flexibility index (Phi) is 5.00. The average molecular weight is 282 g/mol. The lowest BCUT2D eigenvalue weighted by atomic mass is 9.79. The van der Waals surface area contributed by atoms with Gasteiger partial charge in [-0.05, 0) is 50.9 Å². The Morgan fingerprint density at radius 3 is 2.40 bits per heavy atom. The molecule has 1 unspecified atom stereocenters. The van der Waals surface area contributed by atoms with E-state index in [-0.39, 0.29) is 5.60 Å². The first kappa shape index (κ1) is 14.8. The van der Waals surface area contributed by atoms with E-state index in [9.17, 15) is 5.11 Å². The van der Waals surface area contributed by atoms with Crippen molar-refractivity contribution >= 4 is 0 Å². The zero-order valence-corrected chi connectivity index (χ0v) is 12.7. The summed E-state index contributed by atoms with van der Waals surface area (Å²) in [7, 11) is 0. The smallest absolute Gasteiger partial charge is 0.0707 e. The van der Waals surface area contributed by atoms with E-state index in [0.717, 1.165) is 45.1 Å². The third-order valence-electron chi connectivity index (χ3n) is 5.65. The lowest BCUT2D eigenvalue weighted by Gasteiger charge is -2.44. The van der Waals surface area contributed by atoms with Crippen molar-refractivity contribution in [2.45, 2.75) is 88.4 Å². The molecule has 1 heterocycles. The van der Waals surface area contributed by atoms with Gasteiger partial charge in [0.05, 0.1) is 17.8 Å². The molecule has 0 aromatic carbocycles. The van der Waals surface area contributed by atoms with Crippen LogP contribution in [0.2, 0.25) is 0 Å². The largest absolute Gasteiger partial charge is 0.396 e. The normalized spacial score (nSPS) is 38.0. The van der Waals surface area contributed by atoms with E-state index in [2.05, 4.69) is 0 Å². The zero-order valence-electron chi connectivity index (χ0n) is 12.7. The Labute approximate surface area is 123 Å². The van der Waals surface area contributed by atoms with Crippen LogP contribution in [0.1, 0.15) is 70.6 Å². The highest BCUT2D eigenvalue weighted by atomic mass is 16.5. The molecule has 3 rings (SSSR count). The van der Waals surface area contributed by atoms with Crippen LogP contribution in [0.4, 0.5) is 0 Å². The maximum atomic E-state index is 9.21. The fourth-order valence-electron chi connectivity index (χ4n) is 4.37. The lowest BCUT2D eigenvalue weighted by molar-refractivity contribution is -0.164. The second-order valence-electron chi connectivity index (χ2n) is 7.17. The van der Waals surface area contributed by atoms with Crippen LogP contribution in [0.3, 0.4) is 0 Å². The molecule has 20 heavy (non-hydrogen) atoms. The van der Waals surface area contributed by atoms with Crippen molar-refractivity contribution in [1.29, 1.82) is 0 Å². The first-order chi connectivity index (χ1) is 9.80. The second-order valence-corrected chi connectivity index (χ2v) is 7.17. The Morgan fingerprint density at radius 1 is 0.950 bits per heavy atom. The Bertz CT molecular complexity index is 285. The number of aliphatic hydroxyl groups excluding tert-OH is 1. The molecule has 0 aromatic heterocycles. The molecule has 0 aromatic rings. The summed E-state index contributed by atoms with van der Waals surface area (Å²) in [6.45, 7) is 1.24. The summed E-state index contributed by atoms with van der Waals surface area (Å²) in [5.41, 5.74) is 0.156. The quantitative estimate of drug-likeness (QED) is 0.862. The van der Waals surface area contributed by atoms with Crippen molar-refractivity contribution in [3.63, 3.8) is 0 Å². The molecule has 3 aliphatic rings. The molecule has 0 amide bonds. The summed E-state index contributed by atoms with van der Waals surface area (Å²) in [5.74, 6) is 0.522. The second kappa shape index (κ2) is 6.76. The van der Waals surface area contributed by atoms with Gasteiger partial charge in [-0.3, -0.25) is 0 Å². The lowest BCUT2D eigenvalue weighted by Crippen LogP contribution is -2.45. The Morgan fingerprint density at radius 2 is 1.70 bits per heavy atom. The predicted octanol–water partition coefficient (Wildman–Crippen LogP) is 3.44. The minimum absolute atomic E-state index is 0.156. The summed E-state index contributed by atoms with van der Waals surface area (Å²) >= 11 is 0. The molecule has 3 fully saturated rings. The van der Waals surface area contributed by atoms with Crippen molar-refractivity contribution in [3.05, 3.63) is 0 Å². The van der Waals surface area contributed by atoms with E-state index in [1.165, 1.54) is 32.1 Å². The highest BCUT2D eigenvalue weighted by Crippen LogP contribution is 2.40. The van der Waals surface area contributed by atoms with E-state index < -0.39 is 0 Å². The number of hydrogen-bond acceptors (Lipinski definition) is 3.